The van der Waals surface area contributed by atoms with Crippen molar-refractivity contribution in [1.82, 2.24) is 14.6 Å². The summed E-state index contributed by atoms with van der Waals surface area (Å²) in [5, 5.41) is 3.42. The van der Waals surface area contributed by atoms with Gasteiger partial charge in [-0.1, -0.05) is 12.8 Å². The van der Waals surface area contributed by atoms with Gasteiger partial charge in [-0.15, -0.1) is 0 Å². The van der Waals surface area contributed by atoms with Crippen LogP contribution in [0.1, 0.15) is 51.1 Å². The van der Waals surface area contributed by atoms with Crippen molar-refractivity contribution in [3.63, 3.8) is 0 Å². The van der Waals surface area contributed by atoms with Gasteiger partial charge in [0.15, 0.2) is 0 Å². The van der Waals surface area contributed by atoms with Gasteiger partial charge in [-0.05, 0) is 38.7 Å². The van der Waals surface area contributed by atoms with Crippen molar-refractivity contribution in [3.8, 4) is 0 Å². The fraction of sp³-hybridized carbons (Fsp3) is 0.733. The van der Waals surface area contributed by atoms with E-state index in [-0.39, 0.29) is 5.54 Å². The van der Waals surface area contributed by atoms with Crippen LogP contribution in [0.3, 0.4) is 0 Å². The number of hydrogen-bond acceptors (Lipinski definition) is 3. The Labute approximate surface area is 127 Å². The van der Waals surface area contributed by atoms with E-state index in [9.17, 15) is 8.42 Å². The van der Waals surface area contributed by atoms with E-state index in [2.05, 4.69) is 10.0 Å². The van der Waals surface area contributed by atoms with Crippen LogP contribution >= 0.6 is 0 Å². The number of aryl methyl sites for hydroxylation is 1. The van der Waals surface area contributed by atoms with Crippen molar-refractivity contribution in [2.45, 2.75) is 68.5 Å². The van der Waals surface area contributed by atoms with Crippen molar-refractivity contribution in [2.24, 2.45) is 7.05 Å². The number of nitrogens with zero attached hydrogens (tertiary/aromatic N) is 1. The third kappa shape index (κ3) is 3.49. The van der Waals surface area contributed by atoms with Crippen LogP contribution in [0.2, 0.25) is 0 Å². The van der Waals surface area contributed by atoms with Crippen molar-refractivity contribution in [3.05, 3.63) is 18.0 Å². The smallest absolute Gasteiger partial charge is 0.242 e. The maximum absolute atomic E-state index is 12.6. The molecule has 0 radical (unpaired) electrons. The lowest BCUT2D eigenvalue weighted by Crippen LogP contribution is -2.43. The Bertz CT molecular complexity index is 611. The lowest BCUT2D eigenvalue weighted by Gasteiger charge is -2.24. The molecule has 2 aliphatic rings. The molecule has 0 spiro atoms. The average Bonchev–Trinajstić information content (AvgIpc) is 3.02. The Morgan fingerprint density at radius 1 is 1.33 bits per heavy atom. The SMILES string of the molecule is Cn1cc(S(=O)(=O)NC2(C)CCCC2)cc1CNC1CC1. The van der Waals surface area contributed by atoms with Gasteiger partial charge < -0.3 is 9.88 Å². The summed E-state index contributed by atoms with van der Waals surface area (Å²) in [6, 6.07) is 2.41. The highest BCUT2D eigenvalue weighted by atomic mass is 32.2. The van der Waals surface area contributed by atoms with Gasteiger partial charge in [0.2, 0.25) is 10.0 Å². The minimum Gasteiger partial charge on any atom is -0.352 e. The van der Waals surface area contributed by atoms with Gasteiger partial charge in [-0.3, -0.25) is 0 Å². The largest absolute Gasteiger partial charge is 0.352 e. The molecule has 0 saturated heterocycles. The van der Waals surface area contributed by atoms with E-state index in [1.54, 1.807) is 12.3 Å². The first-order chi connectivity index (χ1) is 9.88. The number of sulfonamides is 1. The Morgan fingerprint density at radius 3 is 2.62 bits per heavy atom. The minimum absolute atomic E-state index is 0.277. The molecule has 1 heterocycles. The molecule has 0 aliphatic heterocycles. The lowest BCUT2D eigenvalue weighted by atomic mass is 10.0. The summed E-state index contributed by atoms with van der Waals surface area (Å²) in [5.41, 5.74) is 0.736. The van der Waals surface area contributed by atoms with E-state index >= 15 is 0 Å². The molecule has 1 aromatic rings. The third-order valence-corrected chi connectivity index (χ3v) is 6.24. The molecule has 2 saturated carbocycles. The molecule has 2 N–H and O–H groups in total. The molecule has 118 valence electrons. The van der Waals surface area contributed by atoms with Gasteiger partial charge in [0, 0.05) is 37.1 Å². The summed E-state index contributed by atoms with van der Waals surface area (Å²) in [4.78, 5) is 0.380. The predicted molar refractivity (Wildman–Crippen MR) is 82.5 cm³/mol. The molecule has 0 atom stereocenters. The van der Waals surface area contributed by atoms with Gasteiger partial charge in [0.1, 0.15) is 0 Å². The summed E-state index contributed by atoms with van der Waals surface area (Å²) in [6.45, 7) is 2.74. The van der Waals surface area contributed by atoms with E-state index in [0.717, 1.165) is 37.9 Å². The second kappa shape index (κ2) is 5.41. The Hall–Kier alpha value is -0.850. The predicted octanol–water partition coefficient (Wildman–Crippen LogP) is 1.89. The van der Waals surface area contributed by atoms with Gasteiger partial charge in [0.05, 0.1) is 4.90 Å². The first-order valence-corrected chi connectivity index (χ1v) is 9.29. The first-order valence-electron chi connectivity index (χ1n) is 7.81. The monoisotopic (exact) mass is 311 g/mol. The Morgan fingerprint density at radius 2 is 2.00 bits per heavy atom. The highest BCUT2D eigenvalue weighted by Gasteiger charge is 2.34. The third-order valence-electron chi connectivity index (χ3n) is 4.63. The van der Waals surface area contributed by atoms with Crippen molar-refractivity contribution in [2.75, 3.05) is 0 Å². The van der Waals surface area contributed by atoms with Crippen LogP contribution in [0.5, 0.6) is 0 Å². The van der Waals surface area contributed by atoms with Crippen LogP contribution in [0.25, 0.3) is 0 Å². The highest BCUT2D eigenvalue weighted by Crippen LogP contribution is 2.31. The molecule has 0 unspecified atom stereocenters. The normalized spacial score (nSPS) is 21.8. The maximum atomic E-state index is 12.6. The zero-order valence-electron chi connectivity index (χ0n) is 12.9. The molecule has 0 bridgehead atoms. The van der Waals surface area contributed by atoms with Crippen LogP contribution in [0.4, 0.5) is 0 Å². The highest BCUT2D eigenvalue weighted by molar-refractivity contribution is 7.89. The van der Waals surface area contributed by atoms with Gasteiger partial charge in [-0.2, -0.15) is 0 Å². The van der Waals surface area contributed by atoms with E-state index in [1.165, 1.54) is 12.8 Å². The zero-order valence-corrected chi connectivity index (χ0v) is 13.7. The Balaban J connectivity index is 1.73. The molecule has 3 rings (SSSR count). The number of rotatable bonds is 6. The molecule has 21 heavy (non-hydrogen) atoms. The van der Waals surface area contributed by atoms with E-state index < -0.39 is 10.0 Å². The molecule has 5 nitrogen and oxygen atoms in total. The molecule has 2 aliphatic carbocycles. The van der Waals surface area contributed by atoms with E-state index in [0.29, 0.717) is 10.9 Å². The van der Waals surface area contributed by atoms with Crippen molar-refractivity contribution < 1.29 is 8.42 Å². The second-order valence-corrected chi connectivity index (χ2v) is 8.49. The topological polar surface area (TPSA) is 63.1 Å². The minimum atomic E-state index is -3.43. The van der Waals surface area contributed by atoms with Crippen LogP contribution in [-0.2, 0) is 23.6 Å². The number of hydrogen-bond donors (Lipinski definition) is 2. The molecular weight excluding hydrogens is 286 g/mol. The Kier molecular flexibility index (Phi) is 3.88. The summed E-state index contributed by atoms with van der Waals surface area (Å²) >= 11 is 0. The first kappa shape index (κ1) is 15.1. The summed E-state index contributed by atoms with van der Waals surface area (Å²) in [6.07, 6.45) is 8.23. The second-order valence-electron chi connectivity index (χ2n) is 6.81. The van der Waals surface area contributed by atoms with Crippen LogP contribution < -0.4 is 10.0 Å². The fourth-order valence-electron chi connectivity index (χ4n) is 3.08. The van der Waals surface area contributed by atoms with Gasteiger partial charge in [0.25, 0.3) is 0 Å². The zero-order chi connectivity index (χ0) is 15.1. The quantitative estimate of drug-likeness (QED) is 0.843. The van der Waals surface area contributed by atoms with Crippen LogP contribution in [0.15, 0.2) is 17.2 Å². The van der Waals surface area contributed by atoms with Crippen molar-refractivity contribution in [1.29, 1.82) is 0 Å². The molecule has 6 heteroatoms. The molecule has 1 aromatic heterocycles. The average molecular weight is 311 g/mol. The van der Waals surface area contributed by atoms with E-state index in [1.807, 2.05) is 18.5 Å². The van der Waals surface area contributed by atoms with Crippen LogP contribution in [-0.4, -0.2) is 24.6 Å². The lowest BCUT2D eigenvalue weighted by molar-refractivity contribution is 0.427. The standard InChI is InChI=1S/C15H25N3O2S/c1-15(7-3-4-8-15)17-21(19,20)14-9-13(18(2)11-14)10-16-12-5-6-12/h9,11-12,16-17H,3-8,10H2,1-2H3. The van der Waals surface area contributed by atoms with Crippen molar-refractivity contribution >= 4 is 10.0 Å². The summed E-state index contributed by atoms with van der Waals surface area (Å²) in [5.74, 6) is 0. The molecule has 2 fully saturated rings. The molecule has 0 amide bonds. The summed E-state index contributed by atoms with van der Waals surface area (Å²) < 4.78 is 29.9. The fourth-order valence-corrected chi connectivity index (χ4v) is 4.64. The molecular formula is C15H25N3O2S. The van der Waals surface area contributed by atoms with Crippen LogP contribution in [0, 0.1) is 0 Å². The number of nitrogens with one attached hydrogen (secondary N) is 2. The van der Waals surface area contributed by atoms with E-state index in [4.69, 9.17) is 0 Å². The van der Waals surface area contributed by atoms with Gasteiger partial charge in [-0.25, -0.2) is 13.1 Å². The summed E-state index contributed by atoms with van der Waals surface area (Å²) in [7, 11) is -1.52. The van der Waals surface area contributed by atoms with Gasteiger partial charge >= 0.3 is 0 Å². The molecule has 0 aromatic carbocycles. The maximum Gasteiger partial charge on any atom is 0.242 e. The number of aromatic nitrogens is 1.